The number of nitrogens with zero attached hydrogens (tertiary/aromatic N) is 1. The normalized spacial score (nSPS) is 10.6. The lowest BCUT2D eigenvalue weighted by Gasteiger charge is -2.08. The molecule has 0 saturated heterocycles. The summed E-state index contributed by atoms with van der Waals surface area (Å²) < 4.78 is 14.5. The number of aryl methyl sites for hydroxylation is 1. The Morgan fingerprint density at radius 3 is 2.57 bits per heavy atom. The van der Waals surface area contributed by atoms with E-state index < -0.39 is 5.82 Å². The molecule has 0 amide bonds. The highest BCUT2D eigenvalue weighted by molar-refractivity contribution is 9.10. The predicted molar refractivity (Wildman–Crippen MR) is 92.4 cm³/mol. The number of rotatable bonds is 3. The fraction of sp³-hybridized carbons (Fsp3) is 0.0588. The van der Waals surface area contributed by atoms with Gasteiger partial charge in [0.1, 0.15) is 5.82 Å². The van der Waals surface area contributed by atoms with Crippen LogP contribution in [0.4, 0.5) is 16.0 Å². The van der Waals surface area contributed by atoms with Crippen molar-refractivity contribution < 1.29 is 4.39 Å². The number of nitrogens with one attached hydrogen (secondary N) is 2. The Morgan fingerprint density at radius 1 is 1.13 bits per heavy atom. The minimum atomic E-state index is -0.442. The van der Waals surface area contributed by atoms with Crippen LogP contribution in [0.2, 0.25) is 0 Å². The van der Waals surface area contributed by atoms with E-state index in [2.05, 4.69) is 31.2 Å². The SMILES string of the molecule is Cc1ccc(-c2cc(=O)[nH]c(Nc3ccc(Br)cc3F)n2)cc1. The fourth-order valence-corrected chi connectivity index (χ4v) is 2.44. The first kappa shape index (κ1) is 15.4. The zero-order valence-electron chi connectivity index (χ0n) is 12.2. The number of aromatic nitrogens is 2. The Bertz CT molecular complexity index is 906. The van der Waals surface area contributed by atoms with Crippen LogP contribution in [-0.4, -0.2) is 9.97 Å². The molecule has 2 N–H and O–H groups in total. The smallest absolute Gasteiger partial charge is 0.252 e. The molecule has 3 aromatic rings. The van der Waals surface area contributed by atoms with Gasteiger partial charge in [0.05, 0.1) is 11.4 Å². The molecule has 116 valence electrons. The van der Waals surface area contributed by atoms with Gasteiger partial charge in [-0.2, -0.15) is 0 Å². The first-order chi connectivity index (χ1) is 11.0. The Balaban J connectivity index is 1.97. The van der Waals surface area contributed by atoms with Crippen molar-refractivity contribution in [3.8, 4) is 11.3 Å². The summed E-state index contributed by atoms with van der Waals surface area (Å²) in [5.74, 6) is -0.253. The second-order valence-electron chi connectivity index (χ2n) is 5.09. The largest absolute Gasteiger partial charge is 0.323 e. The van der Waals surface area contributed by atoms with E-state index in [9.17, 15) is 9.18 Å². The molecule has 0 radical (unpaired) electrons. The number of anilines is 2. The van der Waals surface area contributed by atoms with E-state index in [0.717, 1.165) is 11.1 Å². The Kier molecular flexibility index (Phi) is 4.25. The van der Waals surface area contributed by atoms with E-state index in [1.165, 1.54) is 12.1 Å². The second kappa shape index (κ2) is 6.34. The van der Waals surface area contributed by atoms with Gasteiger partial charge in [-0.3, -0.25) is 9.78 Å². The van der Waals surface area contributed by atoms with E-state index in [1.54, 1.807) is 12.1 Å². The van der Waals surface area contributed by atoms with Crippen molar-refractivity contribution in [3.63, 3.8) is 0 Å². The zero-order valence-corrected chi connectivity index (χ0v) is 13.8. The van der Waals surface area contributed by atoms with Crippen LogP contribution in [0.3, 0.4) is 0 Å². The van der Waals surface area contributed by atoms with Crippen LogP contribution in [0.15, 0.2) is 57.8 Å². The van der Waals surface area contributed by atoms with Gasteiger partial charge in [-0.1, -0.05) is 45.8 Å². The summed E-state index contributed by atoms with van der Waals surface area (Å²) >= 11 is 3.20. The maximum absolute atomic E-state index is 13.9. The molecule has 0 bridgehead atoms. The third-order valence-electron chi connectivity index (χ3n) is 3.27. The monoisotopic (exact) mass is 373 g/mol. The summed E-state index contributed by atoms with van der Waals surface area (Å²) in [6.07, 6.45) is 0. The quantitative estimate of drug-likeness (QED) is 0.715. The molecule has 23 heavy (non-hydrogen) atoms. The topological polar surface area (TPSA) is 57.8 Å². The van der Waals surface area contributed by atoms with Gasteiger partial charge >= 0.3 is 0 Å². The molecule has 0 unspecified atom stereocenters. The number of hydrogen-bond acceptors (Lipinski definition) is 3. The van der Waals surface area contributed by atoms with Gasteiger partial charge in [-0.05, 0) is 25.1 Å². The molecule has 0 aliphatic heterocycles. The number of hydrogen-bond donors (Lipinski definition) is 2. The summed E-state index contributed by atoms with van der Waals surface area (Å²) in [5.41, 5.74) is 2.39. The van der Waals surface area contributed by atoms with Gasteiger partial charge in [0, 0.05) is 16.1 Å². The Morgan fingerprint density at radius 2 is 1.87 bits per heavy atom. The molecule has 0 aliphatic rings. The fourth-order valence-electron chi connectivity index (χ4n) is 2.11. The van der Waals surface area contributed by atoms with Gasteiger partial charge in [0.15, 0.2) is 0 Å². The number of halogens is 2. The van der Waals surface area contributed by atoms with Gasteiger partial charge in [0.2, 0.25) is 5.95 Å². The lowest BCUT2D eigenvalue weighted by atomic mass is 10.1. The highest BCUT2D eigenvalue weighted by Gasteiger charge is 2.07. The van der Waals surface area contributed by atoms with Crippen LogP contribution in [0.5, 0.6) is 0 Å². The predicted octanol–water partition coefficient (Wildman–Crippen LogP) is 4.39. The minimum absolute atomic E-state index is 0.189. The lowest BCUT2D eigenvalue weighted by Crippen LogP contribution is -2.11. The molecule has 6 heteroatoms. The van der Waals surface area contributed by atoms with Crippen LogP contribution >= 0.6 is 15.9 Å². The van der Waals surface area contributed by atoms with Gasteiger partial charge < -0.3 is 5.32 Å². The van der Waals surface area contributed by atoms with Gasteiger partial charge in [-0.25, -0.2) is 9.37 Å². The van der Waals surface area contributed by atoms with E-state index in [0.29, 0.717) is 10.2 Å². The second-order valence-corrected chi connectivity index (χ2v) is 6.01. The summed E-state index contributed by atoms with van der Waals surface area (Å²) in [7, 11) is 0. The molecule has 2 aromatic carbocycles. The highest BCUT2D eigenvalue weighted by Crippen LogP contribution is 2.22. The molecule has 1 aromatic heterocycles. The van der Waals surface area contributed by atoms with Crippen LogP contribution in [-0.2, 0) is 0 Å². The summed E-state index contributed by atoms with van der Waals surface area (Å²) in [5, 5.41) is 2.80. The maximum atomic E-state index is 13.9. The first-order valence-electron chi connectivity index (χ1n) is 6.92. The zero-order chi connectivity index (χ0) is 16.4. The van der Waals surface area contributed by atoms with Gasteiger partial charge in [-0.15, -0.1) is 0 Å². The minimum Gasteiger partial charge on any atom is -0.323 e. The van der Waals surface area contributed by atoms with Crippen molar-refractivity contribution in [3.05, 3.63) is 74.7 Å². The molecular formula is C17H13BrFN3O. The standard InChI is InChI=1S/C17H13BrFN3O/c1-10-2-4-11(5-3-10)15-9-16(23)22-17(21-15)20-14-7-6-12(18)8-13(14)19/h2-9H,1H3,(H2,20,21,22,23). The Hall–Kier alpha value is -2.47. The number of benzene rings is 2. The molecule has 1 heterocycles. The molecule has 0 aliphatic carbocycles. The van der Waals surface area contributed by atoms with Crippen molar-refractivity contribution in [1.29, 1.82) is 0 Å². The average Bonchev–Trinajstić information content (AvgIpc) is 2.50. The number of H-pyrrole nitrogens is 1. The molecule has 3 rings (SSSR count). The van der Waals surface area contributed by atoms with E-state index in [1.807, 2.05) is 31.2 Å². The van der Waals surface area contributed by atoms with Crippen molar-refractivity contribution in [2.24, 2.45) is 0 Å². The molecule has 4 nitrogen and oxygen atoms in total. The van der Waals surface area contributed by atoms with Crippen LogP contribution < -0.4 is 10.9 Å². The van der Waals surface area contributed by atoms with Gasteiger partial charge in [0.25, 0.3) is 5.56 Å². The third kappa shape index (κ3) is 3.65. The highest BCUT2D eigenvalue weighted by atomic mass is 79.9. The maximum Gasteiger partial charge on any atom is 0.252 e. The van der Waals surface area contributed by atoms with E-state index in [4.69, 9.17) is 0 Å². The van der Waals surface area contributed by atoms with Crippen LogP contribution in [0.1, 0.15) is 5.56 Å². The molecule has 0 spiro atoms. The molecule has 0 atom stereocenters. The molecule has 0 fully saturated rings. The van der Waals surface area contributed by atoms with Crippen molar-refractivity contribution in [2.45, 2.75) is 6.92 Å². The molecule has 0 saturated carbocycles. The summed E-state index contributed by atoms with van der Waals surface area (Å²) in [4.78, 5) is 18.8. The summed E-state index contributed by atoms with van der Waals surface area (Å²) in [6, 6.07) is 13.7. The van der Waals surface area contributed by atoms with Crippen LogP contribution in [0.25, 0.3) is 11.3 Å². The lowest BCUT2D eigenvalue weighted by molar-refractivity contribution is 0.630. The third-order valence-corrected chi connectivity index (χ3v) is 3.77. The summed E-state index contributed by atoms with van der Waals surface area (Å²) in [6.45, 7) is 1.98. The van der Waals surface area contributed by atoms with Crippen molar-refractivity contribution in [2.75, 3.05) is 5.32 Å². The number of aromatic amines is 1. The molecular weight excluding hydrogens is 361 g/mol. The first-order valence-corrected chi connectivity index (χ1v) is 7.71. The van der Waals surface area contributed by atoms with E-state index >= 15 is 0 Å². The van der Waals surface area contributed by atoms with Crippen molar-refractivity contribution >= 4 is 27.6 Å². The van der Waals surface area contributed by atoms with Crippen LogP contribution in [0, 0.1) is 12.7 Å². The Labute approximate surface area is 140 Å². The van der Waals surface area contributed by atoms with Crippen molar-refractivity contribution in [1.82, 2.24) is 9.97 Å². The van der Waals surface area contributed by atoms with E-state index in [-0.39, 0.29) is 17.2 Å². The average molecular weight is 374 g/mol.